The van der Waals surface area contributed by atoms with Crippen LogP contribution in [-0.4, -0.2) is 11.1 Å². The van der Waals surface area contributed by atoms with E-state index in [0.717, 1.165) is 5.56 Å². The molecule has 0 aliphatic heterocycles. The molecule has 0 aliphatic rings. The Morgan fingerprint density at radius 2 is 2.23 bits per heavy atom. The maximum absolute atomic E-state index is 11.1. The van der Waals surface area contributed by atoms with Crippen LogP contribution in [0.2, 0.25) is 0 Å². The van der Waals surface area contributed by atoms with Gasteiger partial charge in [0.2, 0.25) is 5.91 Å². The van der Waals surface area contributed by atoms with Crippen LogP contribution in [0.5, 0.6) is 0 Å². The van der Waals surface area contributed by atoms with Crippen molar-refractivity contribution >= 4 is 11.6 Å². The molecular formula is C10H13NO2. The number of hydroxylamine groups is 1. The van der Waals surface area contributed by atoms with Crippen molar-refractivity contribution in [3.8, 4) is 0 Å². The molecule has 1 aromatic rings. The summed E-state index contributed by atoms with van der Waals surface area (Å²) in [5, 5.41) is 10.1. The van der Waals surface area contributed by atoms with Gasteiger partial charge in [0.15, 0.2) is 0 Å². The number of rotatable bonds is 2. The number of carbonyl (C=O) groups is 1. The highest BCUT2D eigenvalue weighted by atomic mass is 16.5. The predicted molar refractivity (Wildman–Crippen MR) is 50.7 cm³/mol. The first-order valence-electron chi connectivity index (χ1n) is 4.23. The topological polar surface area (TPSA) is 40.5 Å². The van der Waals surface area contributed by atoms with Crippen LogP contribution >= 0.6 is 0 Å². The van der Waals surface area contributed by atoms with Crippen LogP contribution in [0.3, 0.4) is 0 Å². The molecule has 0 heterocycles. The molecule has 70 valence electrons. The molecule has 0 radical (unpaired) electrons. The molecule has 0 aromatic heterocycles. The van der Waals surface area contributed by atoms with Crippen molar-refractivity contribution in [3.05, 3.63) is 29.8 Å². The lowest BCUT2D eigenvalue weighted by molar-refractivity contribution is -0.123. The third-order valence-corrected chi connectivity index (χ3v) is 1.78. The van der Waals surface area contributed by atoms with Gasteiger partial charge < -0.3 is 0 Å². The lowest BCUT2D eigenvalue weighted by Gasteiger charge is -2.13. The Kier molecular flexibility index (Phi) is 3.03. The van der Waals surface area contributed by atoms with E-state index in [0.29, 0.717) is 17.2 Å². The molecule has 0 atom stereocenters. The molecule has 0 unspecified atom stereocenters. The molecule has 1 aromatic carbocycles. The molecule has 1 N–H and O–H groups in total. The van der Waals surface area contributed by atoms with Crippen LogP contribution in [0.1, 0.15) is 18.9 Å². The van der Waals surface area contributed by atoms with Crippen molar-refractivity contribution in [2.24, 2.45) is 0 Å². The monoisotopic (exact) mass is 179 g/mol. The average Bonchev–Trinajstić information content (AvgIpc) is 2.15. The average molecular weight is 179 g/mol. The summed E-state index contributed by atoms with van der Waals surface area (Å²) in [6.07, 6.45) is 0.296. The molecule has 13 heavy (non-hydrogen) atoms. The van der Waals surface area contributed by atoms with Crippen LogP contribution in [0.15, 0.2) is 24.3 Å². The number of aryl methyl sites for hydroxylation is 1. The van der Waals surface area contributed by atoms with Crippen LogP contribution in [0.25, 0.3) is 0 Å². The lowest BCUT2D eigenvalue weighted by atomic mass is 10.2. The third kappa shape index (κ3) is 2.29. The van der Waals surface area contributed by atoms with Crippen LogP contribution < -0.4 is 5.06 Å². The van der Waals surface area contributed by atoms with Crippen molar-refractivity contribution in [2.75, 3.05) is 5.06 Å². The zero-order valence-electron chi connectivity index (χ0n) is 7.82. The summed E-state index contributed by atoms with van der Waals surface area (Å²) in [7, 11) is 0. The SMILES string of the molecule is CCC(=O)N(O)c1cccc(C)c1. The molecule has 0 saturated heterocycles. The fourth-order valence-electron chi connectivity index (χ4n) is 1.05. The molecule has 1 amide bonds. The molecular weight excluding hydrogens is 166 g/mol. The van der Waals surface area contributed by atoms with Gasteiger partial charge in [-0.1, -0.05) is 19.1 Å². The van der Waals surface area contributed by atoms with E-state index in [4.69, 9.17) is 0 Å². The summed E-state index contributed by atoms with van der Waals surface area (Å²) < 4.78 is 0. The van der Waals surface area contributed by atoms with E-state index in [2.05, 4.69) is 0 Å². The van der Waals surface area contributed by atoms with Gasteiger partial charge in [-0.15, -0.1) is 0 Å². The molecule has 3 heteroatoms. The number of anilines is 1. The van der Waals surface area contributed by atoms with Crippen molar-refractivity contribution in [2.45, 2.75) is 20.3 Å². The summed E-state index contributed by atoms with van der Waals surface area (Å²) in [5.41, 5.74) is 1.53. The van der Waals surface area contributed by atoms with Crippen LogP contribution in [0, 0.1) is 6.92 Å². The Morgan fingerprint density at radius 3 is 2.77 bits per heavy atom. The van der Waals surface area contributed by atoms with Crippen LogP contribution in [-0.2, 0) is 4.79 Å². The summed E-state index contributed by atoms with van der Waals surface area (Å²) in [6.45, 7) is 3.62. The lowest BCUT2D eigenvalue weighted by Crippen LogP contribution is -2.25. The van der Waals surface area contributed by atoms with E-state index in [-0.39, 0.29) is 5.91 Å². The Morgan fingerprint density at radius 1 is 1.54 bits per heavy atom. The van der Waals surface area contributed by atoms with E-state index < -0.39 is 0 Å². The van der Waals surface area contributed by atoms with Gasteiger partial charge in [0.05, 0.1) is 5.69 Å². The fourth-order valence-corrected chi connectivity index (χ4v) is 1.05. The smallest absolute Gasteiger partial charge is 0.250 e. The quantitative estimate of drug-likeness (QED) is 0.558. The van der Waals surface area contributed by atoms with Gasteiger partial charge in [-0.3, -0.25) is 10.0 Å². The maximum atomic E-state index is 11.1. The molecule has 1 rings (SSSR count). The van der Waals surface area contributed by atoms with Crippen LogP contribution in [0.4, 0.5) is 5.69 Å². The largest absolute Gasteiger partial charge is 0.281 e. The second-order valence-electron chi connectivity index (χ2n) is 2.90. The number of benzene rings is 1. The summed E-state index contributed by atoms with van der Waals surface area (Å²) in [4.78, 5) is 11.1. The Balaban J connectivity index is 2.88. The van der Waals surface area contributed by atoms with Crippen molar-refractivity contribution in [3.63, 3.8) is 0 Å². The molecule has 0 bridgehead atoms. The fraction of sp³-hybridized carbons (Fsp3) is 0.300. The second kappa shape index (κ2) is 4.05. The maximum Gasteiger partial charge on any atom is 0.250 e. The molecule has 0 spiro atoms. The Labute approximate surface area is 77.6 Å². The zero-order chi connectivity index (χ0) is 9.84. The minimum atomic E-state index is -0.300. The van der Waals surface area contributed by atoms with Gasteiger partial charge in [-0.2, -0.15) is 5.06 Å². The number of amides is 1. The van der Waals surface area contributed by atoms with E-state index in [9.17, 15) is 10.0 Å². The van der Waals surface area contributed by atoms with Gasteiger partial charge in [0, 0.05) is 6.42 Å². The first kappa shape index (κ1) is 9.74. The number of hydrogen-bond acceptors (Lipinski definition) is 2. The molecule has 0 aliphatic carbocycles. The predicted octanol–water partition coefficient (Wildman–Crippen LogP) is 2.13. The minimum absolute atomic E-state index is 0.296. The first-order valence-corrected chi connectivity index (χ1v) is 4.23. The number of hydrogen-bond donors (Lipinski definition) is 1. The normalized spacial score (nSPS) is 9.77. The number of carbonyl (C=O) groups excluding carboxylic acids is 1. The van der Waals surface area contributed by atoms with E-state index in [1.165, 1.54) is 0 Å². The van der Waals surface area contributed by atoms with Gasteiger partial charge in [0.1, 0.15) is 0 Å². The minimum Gasteiger partial charge on any atom is -0.281 e. The molecule has 3 nitrogen and oxygen atoms in total. The van der Waals surface area contributed by atoms with Gasteiger partial charge >= 0.3 is 0 Å². The zero-order valence-corrected chi connectivity index (χ0v) is 7.82. The van der Waals surface area contributed by atoms with Gasteiger partial charge in [-0.05, 0) is 24.6 Å². The Bertz CT molecular complexity index is 310. The van der Waals surface area contributed by atoms with Crippen molar-refractivity contribution < 1.29 is 10.0 Å². The highest BCUT2D eigenvalue weighted by Gasteiger charge is 2.09. The second-order valence-corrected chi connectivity index (χ2v) is 2.90. The van der Waals surface area contributed by atoms with E-state index in [1.54, 1.807) is 25.1 Å². The van der Waals surface area contributed by atoms with Gasteiger partial charge in [0.25, 0.3) is 0 Å². The highest BCUT2D eigenvalue weighted by molar-refractivity contribution is 5.90. The van der Waals surface area contributed by atoms with E-state index in [1.807, 2.05) is 13.0 Å². The molecule has 0 fully saturated rings. The third-order valence-electron chi connectivity index (χ3n) is 1.78. The Hall–Kier alpha value is -1.35. The highest BCUT2D eigenvalue weighted by Crippen LogP contribution is 2.14. The van der Waals surface area contributed by atoms with E-state index >= 15 is 0 Å². The van der Waals surface area contributed by atoms with Crippen molar-refractivity contribution in [1.29, 1.82) is 0 Å². The van der Waals surface area contributed by atoms with Gasteiger partial charge in [-0.25, -0.2) is 0 Å². The first-order chi connectivity index (χ1) is 6.15. The number of nitrogens with zero attached hydrogens (tertiary/aromatic N) is 1. The summed E-state index contributed by atoms with van der Waals surface area (Å²) in [6, 6.07) is 7.17. The summed E-state index contributed by atoms with van der Waals surface area (Å²) in [5.74, 6) is -0.300. The molecule has 0 saturated carbocycles. The van der Waals surface area contributed by atoms with Crippen molar-refractivity contribution in [1.82, 2.24) is 0 Å². The summed E-state index contributed by atoms with van der Waals surface area (Å²) >= 11 is 0. The standard InChI is InChI=1S/C10H13NO2/c1-3-10(12)11(13)9-6-4-5-8(2)7-9/h4-7,13H,3H2,1-2H3.